The number of rotatable bonds is 7. The predicted molar refractivity (Wildman–Crippen MR) is 121 cm³/mol. The zero-order valence-corrected chi connectivity index (χ0v) is 18.6. The highest BCUT2D eigenvalue weighted by molar-refractivity contribution is 7.90. The molecule has 1 saturated heterocycles. The summed E-state index contributed by atoms with van der Waals surface area (Å²) >= 11 is 0. The quantitative estimate of drug-likeness (QED) is 0.590. The average Bonchev–Trinajstić information content (AvgIpc) is 3.43. The molecule has 1 N–H and O–H groups in total. The van der Waals surface area contributed by atoms with Crippen LogP contribution in [-0.4, -0.2) is 48.0 Å². The molecule has 3 aromatic rings. The van der Waals surface area contributed by atoms with Gasteiger partial charge in [-0.05, 0) is 24.1 Å². The SMILES string of the molecule is CC[C@H]1CN(CCC#N)C[C@H]1Nc1c(C#N)cnc2c1ccn2S(=O)(=O)c1ccccc1. The van der Waals surface area contributed by atoms with E-state index in [-0.39, 0.29) is 16.6 Å². The van der Waals surface area contributed by atoms with E-state index in [0.29, 0.717) is 35.5 Å². The van der Waals surface area contributed by atoms with Crippen LogP contribution in [0.15, 0.2) is 53.7 Å². The van der Waals surface area contributed by atoms with Crippen molar-refractivity contribution in [2.75, 3.05) is 25.0 Å². The van der Waals surface area contributed by atoms with Gasteiger partial charge in [0.25, 0.3) is 10.0 Å². The molecular weight excluding hydrogens is 424 g/mol. The highest BCUT2D eigenvalue weighted by Crippen LogP contribution is 2.32. The lowest BCUT2D eigenvalue weighted by atomic mass is 10.00. The second-order valence-corrected chi connectivity index (χ2v) is 9.73. The van der Waals surface area contributed by atoms with E-state index in [9.17, 15) is 13.7 Å². The van der Waals surface area contributed by atoms with Gasteiger partial charge in [0.1, 0.15) is 6.07 Å². The summed E-state index contributed by atoms with van der Waals surface area (Å²) in [6, 6.07) is 14.4. The standard InChI is InChI=1S/C23H24N6O2S/c1-2-17-15-28(11-6-10-24)16-21(17)27-22-18(13-25)14-26-23-20(22)9-12-29(23)32(30,31)19-7-4-3-5-8-19/h3-5,7-9,12,14,17,21H,2,6,11,15-16H2,1H3,(H,26,27)/t17-,21+/m0/s1. The molecule has 2 aromatic heterocycles. The molecule has 0 bridgehead atoms. The highest BCUT2D eigenvalue weighted by atomic mass is 32.2. The van der Waals surface area contributed by atoms with E-state index in [1.807, 2.05) is 0 Å². The topological polar surface area (TPSA) is 115 Å². The number of nitrogens with zero attached hydrogens (tertiary/aromatic N) is 5. The maximum atomic E-state index is 13.2. The maximum absolute atomic E-state index is 13.2. The van der Waals surface area contributed by atoms with Crippen LogP contribution in [-0.2, 0) is 10.0 Å². The molecule has 8 nitrogen and oxygen atoms in total. The number of nitriles is 2. The summed E-state index contributed by atoms with van der Waals surface area (Å²) in [5, 5.41) is 22.7. The monoisotopic (exact) mass is 448 g/mol. The van der Waals surface area contributed by atoms with Gasteiger partial charge < -0.3 is 5.32 Å². The van der Waals surface area contributed by atoms with Crippen molar-refractivity contribution in [1.82, 2.24) is 13.9 Å². The molecule has 9 heteroatoms. The lowest BCUT2D eigenvalue weighted by molar-refractivity contribution is 0.330. The number of hydrogen-bond acceptors (Lipinski definition) is 7. The molecule has 0 spiro atoms. The van der Waals surface area contributed by atoms with Crippen LogP contribution in [0.1, 0.15) is 25.3 Å². The molecule has 0 amide bonds. The molecule has 32 heavy (non-hydrogen) atoms. The molecule has 2 atom stereocenters. The molecule has 0 radical (unpaired) electrons. The molecule has 164 valence electrons. The summed E-state index contributed by atoms with van der Waals surface area (Å²) in [7, 11) is -3.82. The Morgan fingerprint density at radius 1 is 1.19 bits per heavy atom. The van der Waals surface area contributed by atoms with Gasteiger partial charge in [-0.15, -0.1) is 0 Å². The van der Waals surface area contributed by atoms with Gasteiger partial charge in [0.2, 0.25) is 0 Å². The van der Waals surface area contributed by atoms with Gasteiger partial charge in [-0.25, -0.2) is 17.4 Å². The molecule has 1 aliphatic heterocycles. The molecule has 1 aliphatic rings. The first-order valence-corrected chi connectivity index (χ1v) is 12.0. The number of benzene rings is 1. The van der Waals surface area contributed by atoms with E-state index in [4.69, 9.17) is 5.26 Å². The first kappa shape index (κ1) is 21.8. The Bertz CT molecular complexity index is 1300. The van der Waals surface area contributed by atoms with Gasteiger partial charge in [-0.3, -0.25) is 4.90 Å². The first-order chi connectivity index (χ1) is 15.5. The average molecular weight is 449 g/mol. The third kappa shape index (κ3) is 3.93. The molecule has 1 aromatic carbocycles. The summed E-state index contributed by atoms with van der Waals surface area (Å²) < 4.78 is 27.5. The molecule has 4 rings (SSSR count). The summed E-state index contributed by atoms with van der Waals surface area (Å²) in [4.78, 5) is 6.74. The van der Waals surface area contributed by atoms with Crippen LogP contribution in [0.25, 0.3) is 11.0 Å². The van der Waals surface area contributed by atoms with Crippen molar-refractivity contribution >= 4 is 26.7 Å². The number of likely N-dealkylation sites (tertiary alicyclic amines) is 1. The van der Waals surface area contributed by atoms with Crippen LogP contribution in [0.2, 0.25) is 0 Å². The fourth-order valence-corrected chi connectivity index (χ4v) is 5.64. The minimum Gasteiger partial charge on any atom is -0.379 e. The second kappa shape index (κ2) is 8.99. The van der Waals surface area contributed by atoms with Gasteiger partial charge in [0.15, 0.2) is 5.65 Å². The fourth-order valence-electron chi connectivity index (χ4n) is 4.32. The number of nitrogens with one attached hydrogen (secondary N) is 1. The molecule has 1 fully saturated rings. The third-order valence-corrected chi connectivity index (χ3v) is 7.69. The van der Waals surface area contributed by atoms with Gasteiger partial charge >= 0.3 is 0 Å². The Labute approximate surface area is 187 Å². The molecule has 0 unspecified atom stereocenters. The highest BCUT2D eigenvalue weighted by Gasteiger charge is 2.32. The number of hydrogen-bond donors (Lipinski definition) is 1. The van der Waals surface area contributed by atoms with Crippen molar-refractivity contribution in [3.63, 3.8) is 0 Å². The molecule has 0 aliphatic carbocycles. The van der Waals surface area contributed by atoms with Crippen molar-refractivity contribution in [2.24, 2.45) is 5.92 Å². The van der Waals surface area contributed by atoms with Crippen molar-refractivity contribution in [2.45, 2.75) is 30.7 Å². The number of aromatic nitrogens is 2. The van der Waals surface area contributed by atoms with Crippen LogP contribution in [0, 0.1) is 28.6 Å². The van der Waals surface area contributed by atoms with Gasteiger partial charge in [-0.1, -0.05) is 31.5 Å². The van der Waals surface area contributed by atoms with Crippen molar-refractivity contribution < 1.29 is 8.42 Å². The molecule has 3 heterocycles. The van der Waals surface area contributed by atoms with Crippen LogP contribution in [0.5, 0.6) is 0 Å². The van der Waals surface area contributed by atoms with Crippen molar-refractivity contribution in [1.29, 1.82) is 10.5 Å². The zero-order chi connectivity index (χ0) is 22.7. The van der Waals surface area contributed by atoms with Crippen LogP contribution in [0.3, 0.4) is 0 Å². The number of pyridine rings is 1. The Kier molecular flexibility index (Phi) is 6.13. The van der Waals surface area contributed by atoms with Crippen LogP contribution in [0.4, 0.5) is 5.69 Å². The van der Waals surface area contributed by atoms with Crippen LogP contribution < -0.4 is 5.32 Å². The minimum absolute atomic E-state index is 0.0884. The first-order valence-electron chi connectivity index (χ1n) is 10.6. The summed E-state index contributed by atoms with van der Waals surface area (Å²) in [6.07, 6.45) is 4.34. The summed E-state index contributed by atoms with van der Waals surface area (Å²) in [5.74, 6) is 0.360. The maximum Gasteiger partial charge on any atom is 0.269 e. The van der Waals surface area contributed by atoms with Crippen molar-refractivity contribution in [3.05, 3.63) is 54.4 Å². The normalized spacial score (nSPS) is 19.0. The zero-order valence-electron chi connectivity index (χ0n) is 17.8. The molecular formula is C23H24N6O2S. The predicted octanol–water partition coefficient (Wildman–Crippen LogP) is 3.18. The lowest BCUT2D eigenvalue weighted by Gasteiger charge is -2.21. The van der Waals surface area contributed by atoms with Gasteiger partial charge in [0.05, 0.1) is 22.2 Å². The minimum atomic E-state index is -3.82. The summed E-state index contributed by atoms with van der Waals surface area (Å²) in [6.45, 7) is 4.49. The third-order valence-electron chi connectivity index (χ3n) is 6.01. The smallest absolute Gasteiger partial charge is 0.269 e. The Balaban J connectivity index is 1.73. The Morgan fingerprint density at radius 2 is 1.97 bits per heavy atom. The molecule has 0 saturated carbocycles. The van der Waals surface area contributed by atoms with Gasteiger partial charge in [-0.2, -0.15) is 10.5 Å². The van der Waals surface area contributed by atoms with Crippen LogP contribution >= 0.6 is 0 Å². The number of fused-ring (bicyclic) bond motifs is 1. The Hall–Kier alpha value is -3.40. The van der Waals surface area contributed by atoms with E-state index in [0.717, 1.165) is 23.5 Å². The van der Waals surface area contributed by atoms with E-state index >= 15 is 0 Å². The van der Waals surface area contributed by atoms with E-state index < -0.39 is 10.0 Å². The lowest BCUT2D eigenvalue weighted by Crippen LogP contribution is -2.29. The van der Waals surface area contributed by atoms with Crippen molar-refractivity contribution in [3.8, 4) is 12.1 Å². The fraction of sp³-hybridized carbons (Fsp3) is 0.348. The second-order valence-electron chi connectivity index (χ2n) is 7.91. The van der Waals surface area contributed by atoms with E-state index in [1.165, 1.54) is 12.4 Å². The summed E-state index contributed by atoms with van der Waals surface area (Å²) in [5.41, 5.74) is 1.26. The van der Waals surface area contributed by atoms with Gasteiger partial charge in [0, 0.05) is 49.9 Å². The largest absolute Gasteiger partial charge is 0.379 e. The number of anilines is 1. The van der Waals surface area contributed by atoms with E-state index in [1.54, 1.807) is 36.4 Å². The van der Waals surface area contributed by atoms with E-state index in [2.05, 4.69) is 34.3 Å². The Morgan fingerprint density at radius 3 is 2.66 bits per heavy atom.